The van der Waals surface area contributed by atoms with E-state index in [0.717, 1.165) is 34.4 Å². The van der Waals surface area contributed by atoms with Gasteiger partial charge in [-0.25, -0.2) is 4.79 Å². The minimum atomic E-state index is -0.968. The van der Waals surface area contributed by atoms with Crippen molar-refractivity contribution in [2.75, 3.05) is 0 Å². The highest BCUT2D eigenvalue weighted by molar-refractivity contribution is 8.18. The van der Waals surface area contributed by atoms with Gasteiger partial charge in [0.1, 0.15) is 0 Å². The Morgan fingerprint density at radius 3 is 2.30 bits per heavy atom. The molecule has 1 N–H and O–H groups in total. The lowest BCUT2D eigenvalue weighted by molar-refractivity contribution is -0.123. The Kier molecular flexibility index (Phi) is 4.97. The van der Waals surface area contributed by atoms with Gasteiger partial charge in [0.2, 0.25) is 0 Å². The van der Waals surface area contributed by atoms with Crippen molar-refractivity contribution in [3.63, 3.8) is 0 Å². The van der Waals surface area contributed by atoms with E-state index in [0.29, 0.717) is 4.91 Å². The average molecular weight is 384 g/mol. The van der Waals surface area contributed by atoms with Crippen molar-refractivity contribution in [3.8, 4) is 5.69 Å². The van der Waals surface area contributed by atoms with Crippen LogP contribution in [0.5, 0.6) is 0 Å². The SMILES string of the molecule is Cc1cc(C=C2SC(=O)N(C(C)C)C2=O)c(C)n1-c1ccc(C(=O)O)cc1. The summed E-state index contributed by atoms with van der Waals surface area (Å²) in [6.07, 6.45) is 1.75. The van der Waals surface area contributed by atoms with Crippen LogP contribution in [0.15, 0.2) is 35.2 Å². The minimum Gasteiger partial charge on any atom is -0.478 e. The third kappa shape index (κ3) is 3.42. The van der Waals surface area contributed by atoms with Crippen molar-refractivity contribution < 1.29 is 19.5 Å². The third-order valence-corrected chi connectivity index (χ3v) is 5.35. The largest absolute Gasteiger partial charge is 0.478 e. The molecule has 0 aliphatic carbocycles. The van der Waals surface area contributed by atoms with E-state index >= 15 is 0 Å². The van der Waals surface area contributed by atoms with Crippen molar-refractivity contribution in [1.29, 1.82) is 0 Å². The summed E-state index contributed by atoms with van der Waals surface area (Å²) in [5.74, 6) is -1.24. The first-order chi connectivity index (χ1) is 12.7. The van der Waals surface area contributed by atoms with Crippen LogP contribution in [0.1, 0.15) is 41.2 Å². The first-order valence-electron chi connectivity index (χ1n) is 8.50. The summed E-state index contributed by atoms with van der Waals surface area (Å²) in [7, 11) is 0. The summed E-state index contributed by atoms with van der Waals surface area (Å²) in [6, 6.07) is 8.39. The Morgan fingerprint density at radius 1 is 1.15 bits per heavy atom. The molecule has 27 heavy (non-hydrogen) atoms. The highest BCUT2D eigenvalue weighted by Crippen LogP contribution is 2.34. The van der Waals surface area contributed by atoms with Gasteiger partial charge in [0.15, 0.2) is 0 Å². The third-order valence-electron chi connectivity index (χ3n) is 4.47. The molecule has 140 valence electrons. The summed E-state index contributed by atoms with van der Waals surface area (Å²) in [6.45, 7) is 7.49. The number of carboxylic acids is 1. The minimum absolute atomic E-state index is 0.177. The van der Waals surface area contributed by atoms with E-state index in [1.807, 2.05) is 38.3 Å². The summed E-state index contributed by atoms with van der Waals surface area (Å²) in [5.41, 5.74) is 3.77. The number of hydrogen-bond acceptors (Lipinski definition) is 4. The predicted octanol–water partition coefficient (Wildman–Crippen LogP) is 4.24. The molecule has 1 aliphatic heterocycles. The smallest absolute Gasteiger partial charge is 0.335 e. The van der Waals surface area contributed by atoms with Crippen LogP contribution in [-0.2, 0) is 4.79 Å². The Bertz CT molecular complexity index is 971. The number of nitrogens with zero attached hydrogens (tertiary/aromatic N) is 2. The normalized spacial score (nSPS) is 16.0. The zero-order chi connectivity index (χ0) is 19.9. The molecule has 2 heterocycles. The van der Waals surface area contributed by atoms with Crippen LogP contribution in [0.4, 0.5) is 4.79 Å². The van der Waals surface area contributed by atoms with Gasteiger partial charge in [0.05, 0.1) is 10.5 Å². The van der Waals surface area contributed by atoms with Crippen molar-refractivity contribution in [3.05, 3.63) is 57.8 Å². The number of benzene rings is 1. The monoisotopic (exact) mass is 384 g/mol. The lowest BCUT2D eigenvalue weighted by Gasteiger charge is -2.16. The Hall–Kier alpha value is -2.80. The molecule has 2 aromatic rings. The topological polar surface area (TPSA) is 79.6 Å². The molecule has 1 aromatic heterocycles. The molecule has 7 heteroatoms. The van der Waals surface area contributed by atoms with Crippen LogP contribution < -0.4 is 0 Å². The first-order valence-corrected chi connectivity index (χ1v) is 9.32. The standard InChI is InChI=1S/C20H20N2O4S/c1-11(2)21-18(23)17(27-20(21)26)10-15-9-12(3)22(13(15)4)16-7-5-14(6-8-16)19(24)25/h5-11H,1-4H3,(H,24,25). The molecular formula is C20H20N2O4S. The number of aromatic nitrogens is 1. The molecule has 0 spiro atoms. The van der Waals surface area contributed by atoms with Crippen molar-refractivity contribution in [2.24, 2.45) is 0 Å². The quantitative estimate of drug-likeness (QED) is 0.798. The number of amides is 2. The number of rotatable bonds is 4. The molecule has 1 fully saturated rings. The van der Waals surface area contributed by atoms with Crippen LogP contribution in [0, 0.1) is 13.8 Å². The maximum absolute atomic E-state index is 12.5. The van der Waals surface area contributed by atoms with Gasteiger partial charge in [0.25, 0.3) is 11.1 Å². The van der Waals surface area contributed by atoms with Crippen molar-refractivity contribution in [2.45, 2.75) is 33.7 Å². The first kappa shape index (κ1) is 19.0. The molecule has 1 saturated heterocycles. The molecule has 0 atom stereocenters. The Morgan fingerprint density at radius 2 is 1.78 bits per heavy atom. The summed E-state index contributed by atoms with van der Waals surface area (Å²) in [5, 5.41) is 8.79. The second-order valence-electron chi connectivity index (χ2n) is 6.66. The maximum Gasteiger partial charge on any atom is 0.335 e. The van der Waals surface area contributed by atoms with Crippen LogP contribution >= 0.6 is 11.8 Å². The van der Waals surface area contributed by atoms with Gasteiger partial charge < -0.3 is 9.67 Å². The number of carbonyl (C=O) groups is 3. The zero-order valence-corrected chi connectivity index (χ0v) is 16.3. The van der Waals surface area contributed by atoms with Crippen LogP contribution in [0.3, 0.4) is 0 Å². The van der Waals surface area contributed by atoms with Gasteiger partial charge in [-0.2, -0.15) is 0 Å². The molecule has 0 unspecified atom stereocenters. The van der Waals surface area contributed by atoms with Crippen LogP contribution in [0.25, 0.3) is 11.8 Å². The van der Waals surface area contributed by atoms with E-state index in [1.165, 1.54) is 4.90 Å². The highest BCUT2D eigenvalue weighted by atomic mass is 32.2. The predicted molar refractivity (Wildman–Crippen MR) is 105 cm³/mol. The number of carboxylic acid groups (broad SMARTS) is 1. The van der Waals surface area contributed by atoms with E-state index in [-0.39, 0.29) is 22.8 Å². The number of thioether (sulfide) groups is 1. The van der Waals surface area contributed by atoms with Gasteiger partial charge in [-0.1, -0.05) is 0 Å². The molecule has 1 aromatic carbocycles. The van der Waals surface area contributed by atoms with E-state index < -0.39 is 5.97 Å². The molecule has 6 nitrogen and oxygen atoms in total. The number of aryl methyl sites for hydroxylation is 1. The van der Waals surface area contributed by atoms with Crippen molar-refractivity contribution in [1.82, 2.24) is 9.47 Å². The Labute approximate surface area is 161 Å². The van der Waals surface area contributed by atoms with Gasteiger partial charge >= 0.3 is 5.97 Å². The van der Waals surface area contributed by atoms with E-state index in [2.05, 4.69) is 0 Å². The highest BCUT2D eigenvalue weighted by Gasteiger charge is 2.36. The summed E-state index contributed by atoms with van der Waals surface area (Å²) < 4.78 is 1.99. The van der Waals surface area contributed by atoms with Gasteiger partial charge in [-0.05, 0) is 81.4 Å². The summed E-state index contributed by atoms with van der Waals surface area (Å²) in [4.78, 5) is 37.3. The Balaban J connectivity index is 1.98. The van der Waals surface area contributed by atoms with Crippen LogP contribution in [-0.4, -0.2) is 37.7 Å². The van der Waals surface area contributed by atoms with Gasteiger partial charge in [-0.15, -0.1) is 0 Å². The van der Waals surface area contributed by atoms with Gasteiger partial charge in [-0.3, -0.25) is 14.5 Å². The number of hydrogen-bond donors (Lipinski definition) is 1. The fourth-order valence-electron chi connectivity index (χ4n) is 3.15. The number of carbonyl (C=O) groups excluding carboxylic acids is 2. The molecular weight excluding hydrogens is 364 g/mol. The van der Waals surface area contributed by atoms with E-state index in [9.17, 15) is 14.4 Å². The molecule has 3 rings (SSSR count). The molecule has 2 amide bonds. The molecule has 1 aliphatic rings. The second-order valence-corrected chi connectivity index (χ2v) is 7.65. The number of imide groups is 1. The van der Waals surface area contributed by atoms with Crippen LogP contribution in [0.2, 0.25) is 0 Å². The average Bonchev–Trinajstić information content (AvgIpc) is 3.03. The van der Waals surface area contributed by atoms with E-state index in [4.69, 9.17) is 5.11 Å². The fourth-order valence-corrected chi connectivity index (χ4v) is 4.10. The molecule has 0 saturated carbocycles. The fraction of sp³-hybridized carbons (Fsp3) is 0.250. The lowest BCUT2D eigenvalue weighted by atomic mass is 10.2. The molecule has 0 bridgehead atoms. The van der Waals surface area contributed by atoms with Crippen molar-refractivity contribution >= 4 is 35.0 Å². The maximum atomic E-state index is 12.5. The summed E-state index contributed by atoms with van der Waals surface area (Å²) >= 11 is 0.954. The lowest BCUT2D eigenvalue weighted by Crippen LogP contribution is -2.34. The van der Waals surface area contributed by atoms with E-state index in [1.54, 1.807) is 30.3 Å². The zero-order valence-electron chi connectivity index (χ0n) is 15.5. The number of aromatic carboxylic acids is 1. The van der Waals surface area contributed by atoms with Gasteiger partial charge in [0, 0.05) is 23.1 Å². The molecule has 0 radical (unpaired) electrons. The second kappa shape index (κ2) is 7.08.